The summed E-state index contributed by atoms with van der Waals surface area (Å²) in [6.07, 6.45) is 1.14. The summed E-state index contributed by atoms with van der Waals surface area (Å²) in [7, 11) is -1.10. The van der Waals surface area contributed by atoms with Gasteiger partial charge in [0.15, 0.2) is 0 Å². The molecule has 3 heteroatoms. The molecule has 0 aromatic heterocycles. The van der Waals surface area contributed by atoms with E-state index >= 15 is 0 Å². The van der Waals surface area contributed by atoms with Crippen LogP contribution in [0.2, 0.25) is 6.04 Å². The van der Waals surface area contributed by atoms with Gasteiger partial charge in [-0.05, 0) is 37.8 Å². The molecule has 0 aliphatic rings. The van der Waals surface area contributed by atoms with E-state index in [1.807, 2.05) is 13.8 Å². The molecule has 17 heavy (non-hydrogen) atoms. The fourth-order valence-corrected chi connectivity index (χ4v) is 3.80. The highest BCUT2D eigenvalue weighted by molar-refractivity contribution is 6.44. The Bertz CT molecular complexity index is 284. The van der Waals surface area contributed by atoms with Crippen LogP contribution < -0.4 is 0 Å². The molecule has 95 valence electrons. The van der Waals surface area contributed by atoms with E-state index in [1.54, 1.807) is 0 Å². The van der Waals surface area contributed by atoms with Crippen molar-refractivity contribution >= 4 is 9.28 Å². The zero-order chi connectivity index (χ0) is 12.5. The zero-order valence-electron chi connectivity index (χ0n) is 11.1. The molecule has 0 saturated heterocycles. The molecule has 1 radical (unpaired) electrons. The van der Waals surface area contributed by atoms with Crippen LogP contribution in [0.25, 0.3) is 0 Å². The van der Waals surface area contributed by atoms with E-state index in [0.29, 0.717) is 5.92 Å². The molecule has 0 aliphatic carbocycles. The van der Waals surface area contributed by atoms with Crippen LogP contribution in [0, 0.1) is 0 Å². The Morgan fingerprint density at radius 3 is 2.06 bits per heavy atom. The van der Waals surface area contributed by atoms with Crippen molar-refractivity contribution in [2.75, 3.05) is 13.2 Å². The van der Waals surface area contributed by atoms with Crippen molar-refractivity contribution in [1.82, 2.24) is 0 Å². The molecule has 0 aliphatic heterocycles. The second kappa shape index (κ2) is 8.45. The van der Waals surface area contributed by atoms with Gasteiger partial charge in [-0.3, -0.25) is 0 Å². The van der Waals surface area contributed by atoms with Crippen LogP contribution >= 0.6 is 0 Å². The first-order valence-electron chi connectivity index (χ1n) is 6.48. The van der Waals surface area contributed by atoms with Crippen molar-refractivity contribution in [2.24, 2.45) is 0 Å². The molecule has 1 aromatic rings. The van der Waals surface area contributed by atoms with Gasteiger partial charge in [-0.15, -0.1) is 0 Å². The Balaban J connectivity index is 2.61. The van der Waals surface area contributed by atoms with Crippen LogP contribution in [0.15, 0.2) is 30.3 Å². The molecule has 0 amide bonds. The minimum atomic E-state index is -1.10. The second-order valence-corrected chi connectivity index (χ2v) is 5.69. The summed E-state index contributed by atoms with van der Waals surface area (Å²) in [6, 6.07) is 11.7. The van der Waals surface area contributed by atoms with Gasteiger partial charge < -0.3 is 8.85 Å². The molecular weight excluding hydrogens is 228 g/mol. The monoisotopic (exact) mass is 251 g/mol. The van der Waals surface area contributed by atoms with E-state index in [2.05, 4.69) is 37.3 Å². The number of benzene rings is 1. The van der Waals surface area contributed by atoms with E-state index < -0.39 is 9.28 Å². The number of hydrogen-bond donors (Lipinski definition) is 0. The average molecular weight is 251 g/mol. The van der Waals surface area contributed by atoms with Gasteiger partial charge in [-0.1, -0.05) is 37.3 Å². The maximum Gasteiger partial charge on any atom is 0.385 e. The minimum Gasteiger partial charge on any atom is -0.394 e. The zero-order valence-corrected chi connectivity index (χ0v) is 12.1. The number of rotatable bonds is 8. The summed E-state index contributed by atoms with van der Waals surface area (Å²) in [5.74, 6) is 0.559. The van der Waals surface area contributed by atoms with E-state index in [0.717, 1.165) is 25.7 Å². The lowest BCUT2D eigenvalue weighted by Crippen LogP contribution is -2.25. The van der Waals surface area contributed by atoms with Crippen LogP contribution in [0.1, 0.15) is 38.7 Å². The molecular formula is C14H23O2Si. The predicted molar refractivity (Wildman–Crippen MR) is 73.3 cm³/mol. The molecule has 0 heterocycles. The first-order valence-corrected chi connectivity index (χ1v) is 8.00. The van der Waals surface area contributed by atoms with E-state index in [-0.39, 0.29) is 0 Å². The largest absolute Gasteiger partial charge is 0.394 e. The van der Waals surface area contributed by atoms with Gasteiger partial charge in [0.25, 0.3) is 0 Å². The minimum absolute atomic E-state index is 0.559. The van der Waals surface area contributed by atoms with Crippen LogP contribution in [-0.4, -0.2) is 22.5 Å². The van der Waals surface area contributed by atoms with Crippen molar-refractivity contribution in [3.63, 3.8) is 0 Å². The summed E-state index contributed by atoms with van der Waals surface area (Å²) in [5.41, 5.74) is 1.40. The van der Waals surface area contributed by atoms with Gasteiger partial charge in [0.2, 0.25) is 0 Å². The Kier molecular flexibility index (Phi) is 7.16. The molecule has 1 unspecified atom stereocenters. The highest BCUT2D eigenvalue weighted by Crippen LogP contribution is 2.25. The molecule has 0 spiro atoms. The van der Waals surface area contributed by atoms with Gasteiger partial charge in [-0.25, -0.2) is 0 Å². The van der Waals surface area contributed by atoms with Crippen LogP contribution in [0.5, 0.6) is 0 Å². The third-order valence-corrected chi connectivity index (χ3v) is 4.83. The van der Waals surface area contributed by atoms with Gasteiger partial charge in [0.05, 0.1) is 0 Å². The Morgan fingerprint density at radius 1 is 1.00 bits per heavy atom. The van der Waals surface area contributed by atoms with Crippen molar-refractivity contribution in [1.29, 1.82) is 0 Å². The van der Waals surface area contributed by atoms with E-state index in [4.69, 9.17) is 8.85 Å². The van der Waals surface area contributed by atoms with E-state index in [9.17, 15) is 0 Å². The summed E-state index contributed by atoms with van der Waals surface area (Å²) >= 11 is 0. The highest BCUT2D eigenvalue weighted by Gasteiger charge is 2.21. The molecule has 1 atom stereocenters. The summed E-state index contributed by atoms with van der Waals surface area (Å²) in [4.78, 5) is 0. The molecule has 0 fully saturated rings. The maximum absolute atomic E-state index is 5.72. The van der Waals surface area contributed by atoms with Crippen molar-refractivity contribution in [3.8, 4) is 0 Å². The lowest BCUT2D eigenvalue weighted by molar-refractivity contribution is 0.211. The molecule has 1 rings (SSSR count). The van der Waals surface area contributed by atoms with Crippen LogP contribution in [0.3, 0.4) is 0 Å². The topological polar surface area (TPSA) is 18.5 Å². The Morgan fingerprint density at radius 2 is 1.59 bits per heavy atom. The fourth-order valence-electron chi connectivity index (χ4n) is 1.91. The van der Waals surface area contributed by atoms with Crippen LogP contribution in [-0.2, 0) is 8.85 Å². The lowest BCUT2D eigenvalue weighted by Gasteiger charge is -2.20. The van der Waals surface area contributed by atoms with Gasteiger partial charge in [0.1, 0.15) is 0 Å². The van der Waals surface area contributed by atoms with Gasteiger partial charge in [-0.2, -0.15) is 0 Å². The summed E-state index contributed by atoms with van der Waals surface area (Å²) < 4.78 is 11.4. The first kappa shape index (κ1) is 14.4. The predicted octanol–water partition coefficient (Wildman–Crippen LogP) is 3.74. The summed E-state index contributed by atoms with van der Waals surface area (Å²) in [6.45, 7) is 7.80. The van der Waals surface area contributed by atoms with Crippen LogP contribution in [0.4, 0.5) is 0 Å². The third kappa shape index (κ3) is 5.02. The SMILES string of the molecule is CCO[Si](CC(CC)c1ccccc1)OCC. The van der Waals surface area contributed by atoms with Crippen molar-refractivity contribution in [2.45, 2.75) is 39.2 Å². The van der Waals surface area contributed by atoms with E-state index in [1.165, 1.54) is 5.56 Å². The lowest BCUT2D eigenvalue weighted by atomic mass is 9.99. The fraction of sp³-hybridized carbons (Fsp3) is 0.571. The van der Waals surface area contributed by atoms with Gasteiger partial charge >= 0.3 is 9.28 Å². The highest BCUT2D eigenvalue weighted by atomic mass is 28.3. The molecule has 0 saturated carbocycles. The molecule has 2 nitrogen and oxygen atoms in total. The second-order valence-electron chi connectivity index (χ2n) is 3.96. The van der Waals surface area contributed by atoms with Gasteiger partial charge in [0, 0.05) is 13.2 Å². The number of hydrogen-bond acceptors (Lipinski definition) is 2. The smallest absolute Gasteiger partial charge is 0.385 e. The first-order chi connectivity index (χ1) is 8.31. The normalized spacial score (nSPS) is 12.9. The summed E-state index contributed by atoms with van der Waals surface area (Å²) in [5, 5.41) is 0. The van der Waals surface area contributed by atoms with Crippen molar-refractivity contribution in [3.05, 3.63) is 35.9 Å². The average Bonchev–Trinajstić information content (AvgIpc) is 2.37. The third-order valence-electron chi connectivity index (χ3n) is 2.79. The van der Waals surface area contributed by atoms with Crippen molar-refractivity contribution < 1.29 is 8.85 Å². The molecule has 0 N–H and O–H groups in total. The Labute approximate surface area is 107 Å². The Hall–Kier alpha value is -0.643. The molecule has 1 aromatic carbocycles. The molecule has 0 bridgehead atoms. The maximum atomic E-state index is 5.72. The standard InChI is InChI=1S/C14H23O2Si/c1-4-13(14-10-8-7-9-11-14)12-17(15-5-2)16-6-3/h7-11,13H,4-6,12H2,1-3H3. The quantitative estimate of drug-likeness (QED) is 0.655.